The molecular formula is C20H20BrN3O3S2. The van der Waals surface area contributed by atoms with Crippen LogP contribution in [0, 0.1) is 13.8 Å². The number of ether oxygens (including phenoxy) is 1. The first-order valence-corrected chi connectivity index (χ1v) is 11.4. The molecule has 1 unspecified atom stereocenters. The number of hydrogen-bond donors (Lipinski definition) is 1. The number of aryl methyl sites for hydroxylation is 2. The monoisotopic (exact) mass is 493 g/mol. The topological polar surface area (TPSA) is 81.2 Å². The van der Waals surface area contributed by atoms with Crippen LogP contribution < -0.4 is 5.32 Å². The van der Waals surface area contributed by atoms with Gasteiger partial charge >= 0.3 is 5.97 Å². The van der Waals surface area contributed by atoms with Gasteiger partial charge in [-0.2, -0.15) is 0 Å². The number of aromatic nitrogens is 2. The van der Waals surface area contributed by atoms with Crippen molar-refractivity contribution in [1.82, 2.24) is 15.3 Å². The fourth-order valence-corrected chi connectivity index (χ4v) is 5.20. The number of hydrogen-bond acceptors (Lipinski definition) is 7. The minimum absolute atomic E-state index is 0.0595. The van der Waals surface area contributed by atoms with Crippen LogP contribution in [0.4, 0.5) is 0 Å². The third kappa shape index (κ3) is 5.34. The average Bonchev–Trinajstić information content (AvgIpc) is 3.00. The van der Waals surface area contributed by atoms with Gasteiger partial charge in [-0.3, -0.25) is 9.59 Å². The highest BCUT2D eigenvalue weighted by Crippen LogP contribution is 2.34. The van der Waals surface area contributed by atoms with Gasteiger partial charge < -0.3 is 10.1 Å². The molecule has 152 valence electrons. The molecule has 1 aromatic carbocycles. The molecule has 3 aromatic rings. The van der Waals surface area contributed by atoms with Gasteiger partial charge in [0.1, 0.15) is 16.2 Å². The van der Waals surface area contributed by atoms with Gasteiger partial charge in [0, 0.05) is 14.7 Å². The maximum Gasteiger partial charge on any atom is 0.307 e. The maximum absolute atomic E-state index is 12.6. The van der Waals surface area contributed by atoms with Crippen LogP contribution in [0.5, 0.6) is 0 Å². The minimum Gasteiger partial charge on any atom is -0.469 e. The second kappa shape index (κ2) is 9.69. The molecule has 9 heteroatoms. The van der Waals surface area contributed by atoms with Crippen molar-refractivity contribution in [1.29, 1.82) is 0 Å². The number of nitrogens with one attached hydrogen (secondary N) is 1. The minimum atomic E-state index is -0.469. The second-order valence-corrected chi connectivity index (χ2v) is 9.47. The first kappa shape index (κ1) is 21.7. The molecule has 0 saturated heterocycles. The summed E-state index contributed by atoms with van der Waals surface area (Å²) in [6.45, 7) is 4.10. The summed E-state index contributed by atoms with van der Waals surface area (Å²) in [5.74, 6) is -0.378. The standard InChI is InChI=1S/C20H20BrN3O3S2/c1-11-12(2)29-20-18(11)19(22-10-23-20)28-9-16(25)24-15(8-17(26)27-3)13-5-4-6-14(21)7-13/h4-7,10,15H,8-9H2,1-3H3,(H,24,25). The summed E-state index contributed by atoms with van der Waals surface area (Å²) < 4.78 is 5.66. The molecule has 1 N–H and O–H groups in total. The van der Waals surface area contributed by atoms with Gasteiger partial charge in [0.25, 0.3) is 0 Å². The average molecular weight is 494 g/mol. The summed E-state index contributed by atoms with van der Waals surface area (Å²) in [7, 11) is 1.34. The Hall–Kier alpha value is -1.97. The summed E-state index contributed by atoms with van der Waals surface area (Å²) in [4.78, 5) is 35.3. The lowest BCUT2D eigenvalue weighted by Crippen LogP contribution is -2.31. The van der Waals surface area contributed by atoms with Crippen molar-refractivity contribution in [2.24, 2.45) is 0 Å². The molecule has 1 atom stereocenters. The van der Waals surface area contributed by atoms with Crippen molar-refractivity contribution in [3.8, 4) is 0 Å². The Morgan fingerprint density at radius 2 is 2.10 bits per heavy atom. The zero-order valence-corrected chi connectivity index (χ0v) is 19.4. The number of carbonyl (C=O) groups is 2. The highest BCUT2D eigenvalue weighted by molar-refractivity contribution is 9.10. The van der Waals surface area contributed by atoms with Crippen molar-refractivity contribution in [3.05, 3.63) is 51.1 Å². The number of halogens is 1. The highest BCUT2D eigenvalue weighted by atomic mass is 79.9. The van der Waals surface area contributed by atoms with E-state index >= 15 is 0 Å². The van der Waals surface area contributed by atoms with E-state index in [1.165, 1.54) is 30.1 Å². The van der Waals surface area contributed by atoms with Gasteiger partial charge in [-0.1, -0.05) is 39.8 Å². The summed E-state index contributed by atoms with van der Waals surface area (Å²) in [6.07, 6.45) is 1.59. The fourth-order valence-electron chi connectivity index (χ4n) is 2.85. The Kier molecular flexibility index (Phi) is 7.26. The Morgan fingerprint density at radius 3 is 2.83 bits per heavy atom. The van der Waals surface area contributed by atoms with Gasteiger partial charge in [0.05, 0.1) is 25.3 Å². The number of thiophene rings is 1. The van der Waals surface area contributed by atoms with E-state index in [1.54, 1.807) is 11.3 Å². The lowest BCUT2D eigenvalue weighted by Gasteiger charge is -2.18. The van der Waals surface area contributed by atoms with Gasteiger partial charge in [-0.15, -0.1) is 11.3 Å². The van der Waals surface area contributed by atoms with E-state index in [0.29, 0.717) is 0 Å². The predicted octanol–water partition coefficient (Wildman–Crippen LogP) is 4.58. The second-order valence-electron chi connectivity index (χ2n) is 6.39. The molecule has 0 aliphatic rings. The number of fused-ring (bicyclic) bond motifs is 1. The first-order chi connectivity index (χ1) is 13.9. The predicted molar refractivity (Wildman–Crippen MR) is 119 cm³/mol. The molecule has 0 radical (unpaired) electrons. The lowest BCUT2D eigenvalue weighted by molar-refractivity contribution is -0.141. The van der Waals surface area contributed by atoms with Crippen molar-refractivity contribution >= 4 is 61.1 Å². The van der Waals surface area contributed by atoms with Gasteiger partial charge in [0.2, 0.25) is 5.91 Å². The quantitative estimate of drug-likeness (QED) is 0.294. The van der Waals surface area contributed by atoms with E-state index in [0.717, 1.165) is 30.8 Å². The number of carbonyl (C=O) groups excluding carboxylic acids is 2. The van der Waals surface area contributed by atoms with Crippen molar-refractivity contribution in [3.63, 3.8) is 0 Å². The Balaban J connectivity index is 1.73. The SMILES string of the molecule is COC(=O)CC(NC(=O)CSc1ncnc2sc(C)c(C)c12)c1cccc(Br)c1. The van der Waals surface area contributed by atoms with E-state index in [9.17, 15) is 9.59 Å². The van der Waals surface area contributed by atoms with E-state index < -0.39 is 6.04 Å². The summed E-state index contributed by atoms with van der Waals surface area (Å²) in [6, 6.07) is 7.04. The van der Waals surface area contributed by atoms with E-state index in [4.69, 9.17) is 4.74 Å². The normalized spacial score (nSPS) is 12.0. The van der Waals surface area contributed by atoms with Crippen molar-refractivity contribution in [2.45, 2.75) is 31.3 Å². The fraction of sp³-hybridized carbons (Fsp3) is 0.300. The molecule has 2 heterocycles. The number of nitrogens with zero attached hydrogens (tertiary/aromatic N) is 2. The summed E-state index contributed by atoms with van der Waals surface area (Å²) >= 11 is 6.42. The number of methoxy groups -OCH3 is 1. The van der Waals surface area contributed by atoms with Crippen LogP contribution in [-0.2, 0) is 14.3 Å². The van der Waals surface area contributed by atoms with E-state index in [1.807, 2.05) is 31.2 Å². The molecule has 2 aromatic heterocycles. The number of amides is 1. The van der Waals surface area contributed by atoms with Crippen LogP contribution in [0.3, 0.4) is 0 Å². The Bertz CT molecular complexity index is 1050. The summed E-state index contributed by atoms with van der Waals surface area (Å²) in [5.41, 5.74) is 1.98. The number of esters is 1. The molecular weight excluding hydrogens is 474 g/mol. The number of rotatable bonds is 7. The molecule has 6 nitrogen and oxygen atoms in total. The van der Waals surface area contributed by atoms with Crippen molar-refractivity contribution in [2.75, 3.05) is 12.9 Å². The van der Waals surface area contributed by atoms with Crippen LogP contribution in [0.25, 0.3) is 10.2 Å². The largest absolute Gasteiger partial charge is 0.469 e. The highest BCUT2D eigenvalue weighted by Gasteiger charge is 2.20. The molecule has 29 heavy (non-hydrogen) atoms. The molecule has 0 fully saturated rings. The molecule has 0 bridgehead atoms. The number of benzene rings is 1. The molecule has 0 aliphatic heterocycles. The van der Waals surface area contributed by atoms with Crippen LogP contribution in [-0.4, -0.2) is 34.7 Å². The molecule has 1 amide bonds. The van der Waals surface area contributed by atoms with Crippen LogP contribution >= 0.6 is 39.0 Å². The lowest BCUT2D eigenvalue weighted by atomic mass is 10.0. The smallest absolute Gasteiger partial charge is 0.307 e. The third-order valence-corrected chi connectivity index (χ3v) is 7.05. The molecule has 3 rings (SSSR count). The van der Waals surface area contributed by atoms with E-state index in [2.05, 4.69) is 38.1 Å². The van der Waals surface area contributed by atoms with Gasteiger partial charge in [-0.25, -0.2) is 9.97 Å². The van der Waals surface area contributed by atoms with Crippen LogP contribution in [0.15, 0.2) is 40.1 Å². The third-order valence-electron chi connectivity index (χ3n) is 4.46. The molecule has 0 saturated carbocycles. The van der Waals surface area contributed by atoms with Gasteiger partial charge in [-0.05, 0) is 37.1 Å². The van der Waals surface area contributed by atoms with Crippen LogP contribution in [0.1, 0.15) is 28.5 Å². The first-order valence-electron chi connectivity index (χ1n) is 8.84. The molecule has 0 spiro atoms. The zero-order valence-electron chi connectivity index (χ0n) is 16.2. The van der Waals surface area contributed by atoms with E-state index in [-0.39, 0.29) is 24.1 Å². The summed E-state index contributed by atoms with van der Waals surface area (Å²) in [5, 5.41) is 4.74. The Labute approximate surface area is 185 Å². The maximum atomic E-state index is 12.6. The van der Waals surface area contributed by atoms with Gasteiger partial charge in [0.15, 0.2) is 0 Å². The zero-order chi connectivity index (χ0) is 21.0. The molecule has 0 aliphatic carbocycles. The van der Waals surface area contributed by atoms with Crippen molar-refractivity contribution < 1.29 is 14.3 Å². The van der Waals surface area contributed by atoms with Crippen LogP contribution in [0.2, 0.25) is 0 Å². The Morgan fingerprint density at radius 1 is 1.31 bits per heavy atom. The number of thioether (sulfide) groups is 1.